The molecule has 1 fully saturated rings. The largest absolute Gasteiger partial charge is 0.506 e. The number of benzene rings is 2. The summed E-state index contributed by atoms with van der Waals surface area (Å²) in [5, 5.41) is 13.1. The molecule has 0 aromatic heterocycles. The zero-order chi connectivity index (χ0) is 20.8. The highest BCUT2D eigenvalue weighted by molar-refractivity contribution is 5.78. The normalized spacial score (nSPS) is 16.1. The fourth-order valence-electron chi connectivity index (χ4n) is 3.87. The summed E-state index contributed by atoms with van der Waals surface area (Å²) < 4.78 is 0. The number of aromatic hydroxyl groups is 1. The minimum Gasteiger partial charge on any atom is -0.506 e. The van der Waals surface area contributed by atoms with Crippen LogP contribution in [0, 0.1) is 5.92 Å². The first kappa shape index (κ1) is 21.2. The van der Waals surface area contributed by atoms with Crippen LogP contribution in [-0.4, -0.2) is 48.6 Å². The van der Waals surface area contributed by atoms with E-state index in [2.05, 4.69) is 53.2 Å². The summed E-state index contributed by atoms with van der Waals surface area (Å²) in [5.41, 5.74) is 3.34. The van der Waals surface area contributed by atoms with Crippen LogP contribution in [-0.2, 0) is 11.2 Å². The average Bonchev–Trinajstić information content (AvgIpc) is 2.69. The zero-order valence-corrected chi connectivity index (χ0v) is 17.8. The number of nitrogens with one attached hydrogen (secondary N) is 1. The first-order valence-corrected chi connectivity index (χ1v) is 10.6. The lowest BCUT2D eigenvalue weighted by Crippen LogP contribution is -2.49. The van der Waals surface area contributed by atoms with Gasteiger partial charge in [0.15, 0.2) is 0 Å². The van der Waals surface area contributed by atoms with Gasteiger partial charge >= 0.3 is 0 Å². The highest BCUT2D eigenvalue weighted by atomic mass is 16.3. The summed E-state index contributed by atoms with van der Waals surface area (Å²) in [6.45, 7) is 10.1. The van der Waals surface area contributed by atoms with Crippen molar-refractivity contribution < 1.29 is 9.90 Å². The summed E-state index contributed by atoms with van der Waals surface area (Å²) in [6, 6.07) is 16.0. The standard InChI is InChI=1S/C24H33N3O2/c1-18(2)16-20-8-10-21(11-9-20)19(3)25-24(29)17-26-12-14-27(15-13-26)22-6-4-5-7-23(22)28/h4-11,18-19,28H,12-17H2,1-3H3,(H,25,29). The molecule has 1 unspecified atom stereocenters. The molecular formula is C24H33N3O2. The Kier molecular flexibility index (Phi) is 7.15. The number of phenolic OH excluding ortho intramolecular Hbond substituents is 1. The number of amides is 1. The monoisotopic (exact) mass is 395 g/mol. The molecule has 5 heteroatoms. The SMILES string of the molecule is CC(C)Cc1ccc(C(C)NC(=O)CN2CCN(c3ccccc3O)CC2)cc1. The highest BCUT2D eigenvalue weighted by Gasteiger charge is 2.21. The van der Waals surface area contributed by atoms with Gasteiger partial charge in [-0.2, -0.15) is 0 Å². The van der Waals surface area contributed by atoms with E-state index >= 15 is 0 Å². The molecule has 156 valence electrons. The second-order valence-corrected chi connectivity index (χ2v) is 8.38. The number of para-hydroxylation sites is 2. The second-order valence-electron chi connectivity index (χ2n) is 8.38. The fraction of sp³-hybridized carbons (Fsp3) is 0.458. The van der Waals surface area contributed by atoms with Crippen LogP contribution >= 0.6 is 0 Å². The number of phenols is 1. The summed E-state index contributed by atoms with van der Waals surface area (Å²) in [4.78, 5) is 16.8. The quantitative estimate of drug-likeness (QED) is 0.752. The van der Waals surface area contributed by atoms with Crippen molar-refractivity contribution >= 4 is 11.6 Å². The Morgan fingerprint density at radius 2 is 1.66 bits per heavy atom. The number of nitrogens with zero attached hydrogens (tertiary/aromatic N) is 2. The van der Waals surface area contributed by atoms with E-state index in [0.29, 0.717) is 18.2 Å². The van der Waals surface area contributed by atoms with Gasteiger partial charge in [0.1, 0.15) is 5.75 Å². The van der Waals surface area contributed by atoms with Crippen molar-refractivity contribution in [3.8, 4) is 5.75 Å². The fourth-order valence-corrected chi connectivity index (χ4v) is 3.87. The predicted molar refractivity (Wildman–Crippen MR) is 118 cm³/mol. The van der Waals surface area contributed by atoms with Crippen LogP contribution in [0.25, 0.3) is 0 Å². The van der Waals surface area contributed by atoms with Gasteiger partial charge in [-0.15, -0.1) is 0 Å². The topological polar surface area (TPSA) is 55.8 Å². The predicted octanol–water partition coefficient (Wildman–Crippen LogP) is 3.59. The van der Waals surface area contributed by atoms with Crippen molar-refractivity contribution in [3.05, 3.63) is 59.7 Å². The zero-order valence-electron chi connectivity index (χ0n) is 17.8. The van der Waals surface area contributed by atoms with Gasteiger partial charge in [0, 0.05) is 26.2 Å². The Morgan fingerprint density at radius 1 is 1.00 bits per heavy atom. The van der Waals surface area contributed by atoms with Crippen molar-refractivity contribution in [2.45, 2.75) is 33.2 Å². The van der Waals surface area contributed by atoms with E-state index in [-0.39, 0.29) is 11.9 Å². The number of hydrogen-bond donors (Lipinski definition) is 2. The summed E-state index contributed by atoms with van der Waals surface area (Å²) >= 11 is 0. The van der Waals surface area contributed by atoms with Crippen LogP contribution in [0.15, 0.2) is 48.5 Å². The molecule has 2 aromatic carbocycles. The van der Waals surface area contributed by atoms with E-state index in [1.807, 2.05) is 25.1 Å². The van der Waals surface area contributed by atoms with E-state index in [1.165, 1.54) is 5.56 Å². The summed E-state index contributed by atoms with van der Waals surface area (Å²) in [7, 11) is 0. The van der Waals surface area contributed by atoms with E-state index in [1.54, 1.807) is 6.07 Å². The molecule has 5 nitrogen and oxygen atoms in total. The maximum atomic E-state index is 12.5. The lowest BCUT2D eigenvalue weighted by molar-refractivity contribution is -0.123. The van der Waals surface area contributed by atoms with E-state index < -0.39 is 0 Å². The molecule has 1 atom stereocenters. The molecule has 1 heterocycles. The maximum Gasteiger partial charge on any atom is 0.234 e. The van der Waals surface area contributed by atoms with Crippen LogP contribution in [0.4, 0.5) is 5.69 Å². The van der Waals surface area contributed by atoms with Crippen molar-refractivity contribution in [2.75, 3.05) is 37.6 Å². The van der Waals surface area contributed by atoms with Crippen LogP contribution in [0.2, 0.25) is 0 Å². The van der Waals surface area contributed by atoms with Gasteiger partial charge in [-0.05, 0) is 42.5 Å². The summed E-state index contributed by atoms with van der Waals surface area (Å²) in [5.74, 6) is 1.01. The molecule has 1 amide bonds. The number of piperazine rings is 1. The molecule has 2 N–H and O–H groups in total. The van der Waals surface area contributed by atoms with Gasteiger partial charge in [0.25, 0.3) is 0 Å². The molecule has 0 saturated carbocycles. The number of anilines is 1. The minimum absolute atomic E-state index is 0.00171. The first-order chi connectivity index (χ1) is 13.9. The first-order valence-electron chi connectivity index (χ1n) is 10.6. The molecule has 1 aliphatic rings. The molecule has 1 aliphatic heterocycles. The van der Waals surface area contributed by atoms with Crippen LogP contribution in [0.5, 0.6) is 5.75 Å². The Labute approximate surface area is 174 Å². The Bertz CT molecular complexity index is 796. The van der Waals surface area contributed by atoms with Gasteiger partial charge in [-0.1, -0.05) is 50.2 Å². The third-order valence-corrected chi connectivity index (χ3v) is 5.46. The van der Waals surface area contributed by atoms with Gasteiger partial charge in [0.2, 0.25) is 5.91 Å². The molecule has 3 rings (SSSR count). The molecular weight excluding hydrogens is 362 g/mol. The number of carbonyl (C=O) groups is 1. The highest BCUT2D eigenvalue weighted by Crippen LogP contribution is 2.27. The number of hydrogen-bond acceptors (Lipinski definition) is 4. The lowest BCUT2D eigenvalue weighted by Gasteiger charge is -2.36. The van der Waals surface area contributed by atoms with Crippen LogP contribution in [0.3, 0.4) is 0 Å². The lowest BCUT2D eigenvalue weighted by atomic mass is 10.00. The Morgan fingerprint density at radius 3 is 2.28 bits per heavy atom. The average molecular weight is 396 g/mol. The maximum absolute atomic E-state index is 12.5. The number of carbonyl (C=O) groups excluding carboxylic acids is 1. The van der Waals surface area contributed by atoms with Crippen molar-refractivity contribution in [1.29, 1.82) is 0 Å². The minimum atomic E-state index is -0.00171. The summed E-state index contributed by atoms with van der Waals surface area (Å²) in [6.07, 6.45) is 1.08. The molecule has 1 saturated heterocycles. The van der Waals surface area contributed by atoms with Crippen LogP contribution < -0.4 is 10.2 Å². The molecule has 29 heavy (non-hydrogen) atoms. The Hall–Kier alpha value is -2.53. The molecule has 0 radical (unpaired) electrons. The number of rotatable bonds is 7. The van der Waals surface area contributed by atoms with E-state index in [9.17, 15) is 9.90 Å². The van der Waals surface area contributed by atoms with Gasteiger partial charge in [0.05, 0.1) is 18.3 Å². The van der Waals surface area contributed by atoms with E-state index in [4.69, 9.17) is 0 Å². The third-order valence-electron chi connectivity index (χ3n) is 5.46. The molecule has 2 aromatic rings. The van der Waals surface area contributed by atoms with E-state index in [0.717, 1.165) is 43.9 Å². The van der Waals surface area contributed by atoms with Gasteiger partial charge in [-0.25, -0.2) is 0 Å². The molecule has 0 bridgehead atoms. The smallest absolute Gasteiger partial charge is 0.234 e. The van der Waals surface area contributed by atoms with Gasteiger partial charge < -0.3 is 15.3 Å². The van der Waals surface area contributed by atoms with Crippen LogP contribution in [0.1, 0.15) is 37.9 Å². The Balaban J connectivity index is 1.45. The third kappa shape index (κ3) is 5.97. The second kappa shape index (κ2) is 9.79. The molecule has 0 spiro atoms. The van der Waals surface area contributed by atoms with Gasteiger partial charge in [-0.3, -0.25) is 9.69 Å². The molecule has 0 aliphatic carbocycles. The van der Waals surface area contributed by atoms with Crippen molar-refractivity contribution in [3.63, 3.8) is 0 Å². The van der Waals surface area contributed by atoms with Crippen molar-refractivity contribution in [1.82, 2.24) is 10.2 Å². The van der Waals surface area contributed by atoms with Crippen molar-refractivity contribution in [2.24, 2.45) is 5.92 Å².